The van der Waals surface area contributed by atoms with E-state index in [0.29, 0.717) is 20.2 Å². The van der Waals surface area contributed by atoms with Gasteiger partial charge in [0.15, 0.2) is 0 Å². The molecule has 0 aliphatic rings. The van der Waals surface area contributed by atoms with Crippen LogP contribution < -0.4 is 4.74 Å². The number of halogens is 5. The Kier molecular flexibility index (Phi) is 6.49. The number of aromatic nitrogens is 1. The van der Waals surface area contributed by atoms with Gasteiger partial charge in [-0.1, -0.05) is 15.9 Å². The zero-order valence-electron chi connectivity index (χ0n) is 10.3. The van der Waals surface area contributed by atoms with Crippen LogP contribution in [0.2, 0.25) is 0 Å². The molecule has 0 saturated carbocycles. The van der Waals surface area contributed by atoms with Gasteiger partial charge in [0.2, 0.25) is 5.88 Å². The monoisotopic (exact) mass is 467 g/mol. The van der Waals surface area contributed by atoms with Gasteiger partial charge >= 0.3 is 12.3 Å². The molecule has 0 fully saturated rings. The highest BCUT2D eigenvalue weighted by Crippen LogP contribution is 2.27. The average molecular weight is 468 g/mol. The quantitative estimate of drug-likeness (QED) is 0.287. The molecule has 0 bridgehead atoms. The van der Waals surface area contributed by atoms with E-state index < -0.39 is 18.2 Å². The number of pyridine rings is 1. The van der Waals surface area contributed by atoms with Gasteiger partial charge in [0.05, 0.1) is 13.0 Å². The maximum absolute atomic E-state index is 12.2. The molecule has 0 radical (unpaired) electrons. The van der Waals surface area contributed by atoms with Crippen molar-refractivity contribution in [1.29, 1.82) is 0 Å². The first kappa shape index (κ1) is 17.5. The molecule has 112 valence electrons. The Bertz CT molecular complexity index is 497. The van der Waals surface area contributed by atoms with Crippen molar-refractivity contribution in [2.75, 3.05) is 6.61 Å². The number of alkyl halides is 4. The molecule has 1 aromatic rings. The van der Waals surface area contributed by atoms with Gasteiger partial charge in [0.1, 0.15) is 3.70 Å². The second-order valence-corrected chi connectivity index (χ2v) is 5.13. The number of carbonyl (C=O) groups is 1. The molecule has 0 aliphatic carbocycles. The Labute approximate surface area is 135 Å². The van der Waals surface area contributed by atoms with Crippen LogP contribution in [0.25, 0.3) is 0 Å². The van der Waals surface area contributed by atoms with Crippen molar-refractivity contribution in [3.05, 3.63) is 20.9 Å². The second kappa shape index (κ2) is 7.43. The van der Waals surface area contributed by atoms with Gasteiger partial charge in [-0.05, 0) is 40.6 Å². The number of carbonyl (C=O) groups excluding carboxylic acids is 1. The van der Waals surface area contributed by atoms with Crippen molar-refractivity contribution >= 4 is 44.5 Å². The van der Waals surface area contributed by atoms with E-state index >= 15 is 0 Å². The zero-order valence-corrected chi connectivity index (χ0v) is 14.0. The van der Waals surface area contributed by atoms with Crippen molar-refractivity contribution < 1.29 is 27.4 Å². The Morgan fingerprint density at radius 2 is 2.15 bits per heavy atom. The third-order valence-electron chi connectivity index (χ3n) is 2.14. The molecule has 0 unspecified atom stereocenters. The minimum absolute atomic E-state index is 0.137. The number of hydrogen-bond acceptors (Lipinski definition) is 4. The Morgan fingerprint density at radius 3 is 2.65 bits per heavy atom. The van der Waals surface area contributed by atoms with Crippen LogP contribution in [0.3, 0.4) is 0 Å². The topological polar surface area (TPSA) is 48.4 Å². The summed E-state index contributed by atoms with van der Waals surface area (Å²) in [5.74, 6) is -1.11. The minimum Gasteiger partial charge on any atom is -0.466 e. The first-order valence-electron chi connectivity index (χ1n) is 5.42. The molecule has 0 atom stereocenters. The average Bonchev–Trinajstić information content (AvgIpc) is 2.26. The highest BCUT2D eigenvalue weighted by Gasteiger charge is 2.32. The summed E-state index contributed by atoms with van der Waals surface area (Å²) in [5, 5.41) is 0.360. The molecule has 0 amide bonds. The number of rotatable bonds is 5. The Morgan fingerprint density at radius 1 is 1.50 bits per heavy atom. The third-order valence-corrected chi connectivity index (χ3v) is 3.59. The molecule has 9 heteroatoms. The van der Waals surface area contributed by atoms with E-state index in [1.807, 2.05) is 0 Å². The van der Waals surface area contributed by atoms with Gasteiger partial charge in [-0.15, -0.1) is 13.2 Å². The summed E-state index contributed by atoms with van der Waals surface area (Å²) in [7, 11) is 0. The lowest BCUT2D eigenvalue weighted by atomic mass is 10.1. The molecule has 0 saturated heterocycles. The summed E-state index contributed by atoms with van der Waals surface area (Å²) < 4.78 is 45.5. The first-order chi connectivity index (χ1) is 9.26. The maximum atomic E-state index is 12.2. The fraction of sp³-hybridized carbons (Fsp3) is 0.455. The summed E-state index contributed by atoms with van der Waals surface area (Å²) in [4.78, 5) is 15.2. The van der Waals surface area contributed by atoms with Crippen LogP contribution >= 0.6 is 38.5 Å². The van der Waals surface area contributed by atoms with Gasteiger partial charge in [-0.3, -0.25) is 4.79 Å². The predicted octanol–water partition coefficient (Wildman–Crippen LogP) is 3.59. The van der Waals surface area contributed by atoms with Crippen molar-refractivity contribution in [3.8, 4) is 5.88 Å². The Hall–Kier alpha value is -0.580. The molecule has 1 rings (SSSR count). The number of ether oxygens (including phenoxy) is 2. The fourth-order valence-electron chi connectivity index (χ4n) is 1.40. The largest absolute Gasteiger partial charge is 0.574 e. The lowest BCUT2D eigenvalue weighted by Crippen LogP contribution is -2.19. The van der Waals surface area contributed by atoms with Crippen molar-refractivity contribution in [3.63, 3.8) is 0 Å². The van der Waals surface area contributed by atoms with Crippen LogP contribution in [0.5, 0.6) is 5.88 Å². The normalized spacial score (nSPS) is 11.3. The van der Waals surface area contributed by atoms with Crippen LogP contribution in [0, 0.1) is 3.70 Å². The minimum atomic E-state index is -4.83. The maximum Gasteiger partial charge on any atom is 0.574 e. The lowest BCUT2D eigenvalue weighted by Gasteiger charge is -2.13. The number of nitrogens with zero attached hydrogens (tertiary/aromatic N) is 1. The summed E-state index contributed by atoms with van der Waals surface area (Å²) >= 11 is 5.00. The van der Waals surface area contributed by atoms with E-state index in [1.165, 1.54) is 0 Å². The van der Waals surface area contributed by atoms with Gasteiger partial charge in [0, 0.05) is 11.4 Å². The van der Waals surface area contributed by atoms with Gasteiger partial charge in [0.25, 0.3) is 0 Å². The summed E-state index contributed by atoms with van der Waals surface area (Å²) in [6, 6.07) is 1.10. The highest BCUT2D eigenvalue weighted by molar-refractivity contribution is 14.1. The van der Waals surface area contributed by atoms with E-state index in [9.17, 15) is 18.0 Å². The lowest BCUT2D eigenvalue weighted by molar-refractivity contribution is -0.276. The second-order valence-electron chi connectivity index (χ2n) is 3.55. The Balaban J connectivity index is 3.09. The van der Waals surface area contributed by atoms with E-state index in [-0.39, 0.29) is 13.0 Å². The first-order valence-corrected chi connectivity index (χ1v) is 7.62. The van der Waals surface area contributed by atoms with Gasteiger partial charge in [-0.2, -0.15) is 0 Å². The smallest absolute Gasteiger partial charge is 0.466 e. The molecule has 20 heavy (non-hydrogen) atoms. The SMILES string of the molecule is CCOC(=O)Cc1cc(OC(F)(F)F)nc(I)c1CBr. The van der Waals surface area contributed by atoms with Crippen molar-refractivity contribution in [2.45, 2.75) is 25.0 Å². The van der Waals surface area contributed by atoms with Crippen LogP contribution in [-0.4, -0.2) is 23.9 Å². The molecule has 0 aliphatic heterocycles. The van der Waals surface area contributed by atoms with Crippen molar-refractivity contribution in [1.82, 2.24) is 4.98 Å². The molecule has 0 spiro atoms. The standard InChI is InChI=1S/C11H10BrF3INO3/c1-2-19-9(18)4-6-3-8(20-11(13,14)15)17-10(16)7(6)5-12/h3H,2,4-5H2,1H3. The number of esters is 1. The molecule has 4 nitrogen and oxygen atoms in total. The van der Waals surface area contributed by atoms with Crippen LogP contribution in [0.15, 0.2) is 6.07 Å². The number of hydrogen-bond donors (Lipinski definition) is 0. The molecular weight excluding hydrogens is 458 g/mol. The molecular formula is C11H10BrF3INO3. The highest BCUT2D eigenvalue weighted by atomic mass is 127. The van der Waals surface area contributed by atoms with Crippen molar-refractivity contribution in [2.24, 2.45) is 0 Å². The van der Waals surface area contributed by atoms with E-state index in [0.717, 1.165) is 6.07 Å². The van der Waals surface area contributed by atoms with Crippen LogP contribution in [0.4, 0.5) is 13.2 Å². The third kappa shape index (κ3) is 5.43. The van der Waals surface area contributed by atoms with E-state index in [4.69, 9.17) is 4.74 Å². The molecule has 1 heterocycles. The summed E-state index contributed by atoms with van der Waals surface area (Å²) in [6.45, 7) is 1.86. The van der Waals surface area contributed by atoms with Gasteiger partial charge < -0.3 is 9.47 Å². The fourth-order valence-corrected chi connectivity index (χ4v) is 3.33. The zero-order chi connectivity index (χ0) is 15.3. The molecule has 0 N–H and O–H groups in total. The summed E-state index contributed by atoms with van der Waals surface area (Å²) in [5.41, 5.74) is 1.02. The van der Waals surface area contributed by atoms with E-state index in [1.54, 1.807) is 29.5 Å². The van der Waals surface area contributed by atoms with Crippen LogP contribution in [-0.2, 0) is 21.3 Å². The predicted molar refractivity (Wildman–Crippen MR) is 76.6 cm³/mol. The van der Waals surface area contributed by atoms with Gasteiger partial charge in [-0.25, -0.2) is 4.98 Å². The molecule has 1 aromatic heterocycles. The van der Waals surface area contributed by atoms with Crippen LogP contribution in [0.1, 0.15) is 18.1 Å². The summed E-state index contributed by atoms with van der Waals surface area (Å²) in [6.07, 6.45) is -4.96. The molecule has 0 aromatic carbocycles. The van der Waals surface area contributed by atoms with E-state index in [2.05, 4.69) is 25.7 Å².